The summed E-state index contributed by atoms with van der Waals surface area (Å²) in [6.45, 7) is 3.84. The van der Waals surface area contributed by atoms with Gasteiger partial charge >= 0.3 is 0 Å². The van der Waals surface area contributed by atoms with Crippen LogP contribution in [0.4, 0.5) is 11.4 Å². The maximum atomic E-state index is 5.32. The monoisotopic (exact) mass is 192 g/mol. The Morgan fingerprint density at radius 3 is 2.86 bits per heavy atom. The summed E-state index contributed by atoms with van der Waals surface area (Å²) >= 11 is 0. The predicted molar refractivity (Wildman–Crippen MR) is 59.0 cm³/mol. The summed E-state index contributed by atoms with van der Waals surface area (Å²) in [6.07, 6.45) is 0.238. The van der Waals surface area contributed by atoms with Crippen LogP contribution in [0.1, 0.15) is 5.56 Å². The number of fused-ring (bicyclic) bond motifs is 1. The average Bonchev–Trinajstić information content (AvgIpc) is 2.41. The maximum Gasteiger partial charge on any atom is 0.0915 e. The number of hydrogen-bond donors (Lipinski definition) is 2. The van der Waals surface area contributed by atoms with Gasteiger partial charge in [-0.1, -0.05) is 12.1 Å². The molecule has 76 valence electrons. The van der Waals surface area contributed by atoms with E-state index in [4.69, 9.17) is 4.74 Å². The second-order valence-corrected chi connectivity index (χ2v) is 3.62. The van der Waals surface area contributed by atoms with Crippen molar-refractivity contribution in [1.82, 2.24) is 0 Å². The average molecular weight is 192 g/mol. The Bertz CT molecular complexity index is 325. The highest BCUT2D eigenvalue weighted by molar-refractivity contribution is 5.73. The Morgan fingerprint density at radius 1 is 1.29 bits per heavy atom. The second kappa shape index (κ2) is 3.88. The number of nitrogens with one attached hydrogen (secondary N) is 2. The lowest BCUT2D eigenvalue weighted by Crippen LogP contribution is -2.26. The molecule has 1 unspecified atom stereocenters. The van der Waals surface area contributed by atoms with Crippen molar-refractivity contribution in [2.45, 2.75) is 13.0 Å². The minimum absolute atomic E-state index is 0.238. The second-order valence-electron chi connectivity index (χ2n) is 3.62. The molecule has 14 heavy (non-hydrogen) atoms. The van der Waals surface area contributed by atoms with Crippen LogP contribution in [-0.4, -0.2) is 26.3 Å². The molecule has 0 fully saturated rings. The van der Waals surface area contributed by atoms with Gasteiger partial charge in [-0.15, -0.1) is 0 Å². The van der Waals surface area contributed by atoms with E-state index in [0.717, 1.165) is 13.1 Å². The van der Waals surface area contributed by atoms with Crippen molar-refractivity contribution >= 4 is 11.4 Å². The van der Waals surface area contributed by atoms with Crippen LogP contribution in [0.2, 0.25) is 0 Å². The third-order valence-corrected chi connectivity index (χ3v) is 2.63. The molecular formula is C11H16N2O. The summed E-state index contributed by atoms with van der Waals surface area (Å²) in [5.74, 6) is 0. The predicted octanol–water partition coefficient (Wildman–Crippen LogP) is 1.85. The SMILES string of the molecule is COC1CNc2cccc(C)c2NC1. The first kappa shape index (κ1) is 9.34. The van der Waals surface area contributed by atoms with Gasteiger partial charge < -0.3 is 15.4 Å². The summed E-state index contributed by atoms with van der Waals surface area (Å²) in [6, 6.07) is 6.27. The van der Waals surface area contributed by atoms with E-state index < -0.39 is 0 Å². The molecule has 0 aliphatic carbocycles. The molecule has 1 aliphatic rings. The van der Waals surface area contributed by atoms with E-state index in [2.05, 4.69) is 35.8 Å². The molecule has 0 radical (unpaired) electrons. The Labute approximate surface area is 84.5 Å². The number of rotatable bonds is 1. The highest BCUT2D eigenvalue weighted by atomic mass is 16.5. The number of methoxy groups -OCH3 is 1. The molecule has 1 aliphatic heterocycles. The maximum absolute atomic E-state index is 5.32. The fourth-order valence-electron chi connectivity index (χ4n) is 1.73. The van der Waals surface area contributed by atoms with Crippen LogP contribution in [0.25, 0.3) is 0 Å². The van der Waals surface area contributed by atoms with Crippen molar-refractivity contribution in [3.63, 3.8) is 0 Å². The zero-order valence-corrected chi connectivity index (χ0v) is 8.63. The number of ether oxygens (including phenoxy) is 1. The van der Waals surface area contributed by atoms with Crippen LogP contribution in [0.3, 0.4) is 0 Å². The number of hydrogen-bond acceptors (Lipinski definition) is 3. The molecule has 0 saturated heterocycles. The zero-order valence-electron chi connectivity index (χ0n) is 8.63. The van der Waals surface area contributed by atoms with Gasteiger partial charge in [0, 0.05) is 20.2 Å². The summed E-state index contributed by atoms with van der Waals surface area (Å²) in [5.41, 5.74) is 3.64. The molecule has 0 spiro atoms. The minimum Gasteiger partial charge on any atom is -0.381 e. The summed E-state index contributed by atoms with van der Waals surface area (Å²) in [7, 11) is 1.75. The third kappa shape index (κ3) is 1.68. The first-order chi connectivity index (χ1) is 6.81. The van der Waals surface area contributed by atoms with Crippen LogP contribution in [0.5, 0.6) is 0 Å². The van der Waals surface area contributed by atoms with Crippen molar-refractivity contribution in [1.29, 1.82) is 0 Å². The fraction of sp³-hybridized carbons (Fsp3) is 0.455. The standard InChI is InChI=1S/C11H16N2O/c1-8-4-3-5-10-11(8)13-7-9(14-2)6-12-10/h3-5,9,12-13H,6-7H2,1-2H3. The largest absolute Gasteiger partial charge is 0.381 e. The van der Waals surface area contributed by atoms with E-state index in [0.29, 0.717) is 0 Å². The molecular weight excluding hydrogens is 176 g/mol. The number of aryl methyl sites for hydroxylation is 1. The molecule has 0 saturated carbocycles. The van der Waals surface area contributed by atoms with Crippen LogP contribution in [0, 0.1) is 6.92 Å². The van der Waals surface area contributed by atoms with Gasteiger partial charge in [0.1, 0.15) is 0 Å². The van der Waals surface area contributed by atoms with Gasteiger partial charge in [0.2, 0.25) is 0 Å². The molecule has 1 atom stereocenters. The molecule has 1 aromatic carbocycles. The van der Waals surface area contributed by atoms with Crippen molar-refractivity contribution < 1.29 is 4.74 Å². The van der Waals surface area contributed by atoms with E-state index >= 15 is 0 Å². The first-order valence-electron chi connectivity index (χ1n) is 4.91. The van der Waals surface area contributed by atoms with E-state index in [1.807, 2.05) is 0 Å². The van der Waals surface area contributed by atoms with Gasteiger partial charge in [-0.2, -0.15) is 0 Å². The van der Waals surface area contributed by atoms with E-state index in [1.165, 1.54) is 16.9 Å². The van der Waals surface area contributed by atoms with Crippen LogP contribution in [0.15, 0.2) is 18.2 Å². The van der Waals surface area contributed by atoms with Crippen LogP contribution in [-0.2, 0) is 4.74 Å². The van der Waals surface area contributed by atoms with Gasteiger partial charge in [-0.05, 0) is 18.6 Å². The van der Waals surface area contributed by atoms with E-state index in [-0.39, 0.29) is 6.10 Å². The summed E-state index contributed by atoms with van der Waals surface area (Å²) in [5, 5.41) is 6.79. The van der Waals surface area contributed by atoms with Gasteiger partial charge in [-0.25, -0.2) is 0 Å². The first-order valence-corrected chi connectivity index (χ1v) is 4.91. The molecule has 2 rings (SSSR count). The molecule has 3 heteroatoms. The molecule has 0 amide bonds. The van der Waals surface area contributed by atoms with E-state index in [1.54, 1.807) is 7.11 Å². The lowest BCUT2D eigenvalue weighted by molar-refractivity contribution is 0.124. The Morgan fingerprint density at radius 2 is 2.07 bits per heavy atom. The van der Waals surface area contributed by atoms with Crippen molar-refractivity contribution in [3.8, 4) is 0 Å². The molecule has 2 N–H and O–H groups in total. The number of benzene rings is 1. The molecule has 0 aromatic heterocycles. The fourth-order valence-corrected chi connectivity index (χ4v) is 1.73. The Hall–Kier alpha value is -1.22. The molecule has 3 nitrogen and oxygen atoms in total. The zero-order chi connectivity index (χ0) is 9.97. The van der Waals surface area contributed by atoms with Crippen LogP contribution >= 0.6 is 0 Å². The smallest absolute Gasteiger partial charge is 0.0915 e. The Balaban J connectivity index is 2.25. The van der Waals surface area contributed by atoms with Crippen molar-refractivity contribution in [2.75, 3.05) is 30.8 Å². The van der Waals surface area contributed by atoms with Gasteiger partial charge in [0.25, 0.3) is 0 Å². The number of para-hydroxylation sites is 1. The van der Waals surface area contributed by atoms with Crippen LogP contribution < -0.4 is 10.6 Å². The molecule has 1 aromatic rings. The van der Waals surface area contributed by atoms with Crippen molar-refractivity contribution in [3.05, 3.63) is 23.8 Å². The molecule has 1 heterocycles. The minimum atomic E-state index is 0.238. The molecule has 0 bridgehead atoms. The van der Waals surface area contributed by atoms with Gasteiger partial charge in [0.05, 0.1) is 17.5 Å². The normalized spacial score (nSPS) is 20.3. The Kier molecular flexibility index (Phi) is 2.59. The highest BCUT2D eigenvalue weighted by Crippen LogP contribution is 2.27. The van der Waals surface area contributed by atoms with Gasteiger partial charge in [-0.3, -0.25) is 0 Å². The highest BCUT2D eigenvalue weighted by Gasteiger charge is 2.14. The van der Waals surface area contributed by atoms with Crippen molar-refractivity contribution in [2.24, 2.45) is 0 Å². The third-order valence-electron chi connectivity index (χ3n) is 2.63. The number of anilines is 2. The quantitative estimate of drug-likeness (QED) is 0.712. The van der Waals surface area contributed by atoms with Gasteiger partial charge in [0.15, 0.2) is 0 Å². The lowest BCUT2D eigenvalue weighted by atomic mass is 10.1. The summed E-state index contributed by atoms with van der Waals surface area (Å²) < 4.78 is 5.32. The van der Waals surface area contributed by atoms with E-state index in [9.17, 15) is 0 Å². The lowest BCUT2D eigenvalue weighted by Gasteiger charge is -2.12. The summed E-state index contributed by atoms with van der Waals surface area (Å²) in [4.78, 5) is 0. The topological polar surface area (TPSA) is 33.3 Å².